The molecule has 0 aromatic heterocycles. The molecule has 2 saturated carbocycles. The van der Waals surface area contributed by atoms with Crippen LogP contribution in [0.25, 0.3) is 0 Å². The Morgan fingerprint density at radius 2 is 1.80 bits per heavy atom. The molecule has 0 aromatic rings. The number of rotatable bonds is 0. The van der Waals surface area contributed by atoms with E-state index in [0.29, 0.717) is 11.8 Å². The second-order valence-corrected chi connectivity index (χ2v) is 5.84. The highest BCUT2D eigenvalue weighted by Gasteiger charge is 2.55. The zero-order chi connectivity index (χ0) is 10.5. The molecule has 0 unspecified atom stereocenters. The molecule has 0 aromatic carbocycles. The van der Waals surface area contributed by atoms with Crippen molar-refractivity contribution in [2.45, 2.75) is 51.2 Å². The summed E-state index contributed by atoms with van der Waals surface area (Å²) in [5.41, 5.74) is 0. The zero-order valence-electron chi connectivity index (χ0n) is 9.61. The second kappa shape index (κ2) is 3.46. The van der Waals surface area contributed by atoms with Gasteiger partial charge in [0.1, 0.15) is 0 Å². The molecule has 3 fully saturated rings. The highest BCUT2D eigenvalue weighted by Crippen LogP contribution is 2.54. The van der Waals surface area contributed by atoms with Crippen LogP contribution in [0.4, 0.5) is 0 Å². The molecule has 1 N–H and O–H groups in total. The van der Waals surface area contributed by atoms with Gasteiger partial charge in [0, 0.05) is 11.8 Å². The number of hydrogen-bond acceptors (Lipinski definition) is 2. The van der Waals surface area contributed by atoms with Crippen molar-refractivity contribution in [3.05, 3.63) is 0 Å². The van der Waals surface area contributed by atoms with Crippen LogP contribution in [0.1, 0.15) is 45.4 Å². The smallest absolute Gasteiger partial charge is 0.171 e. The van der Waals surface area contributed by atoms with E-state index < -0.39 is 5.79 Å². The molecule has 0 spiro atoms. The van der Waals surface area contributed by atoms with Crippen LogP contribution < -0.4 is 0 Å². The summed E-state index contributed by atoms with van der Waals surface area (Å²) in [6.45, 7) is 2.93. The van der Waals surface area contributed by atoms with Crippen molar-refractivity contribution in [2.75, 3.05) is 6.61 Å². The summed E-state index contributed by atoms with van der Waals surface area (Å²) in [5.74, 6) is 1.49. The fourth-order valence-electron chi connectivity index (χ4n) is 4.32. The lowest BCUT2D eigenvalue weighted by atomic mass is 9.58. The van der Waals surface area contributed by atoms with Gasteiger partial charge in [0.05, 0.1) is 6.61 Å². The molecule has 2 nitrogen and oxygen atoms in total. The Morgan fingerprint density at radius 3 is 2.60 bits per heavy atom. The van der Waals surface area contributed by atoms with Crippen LogP contribution in [0.3, 0.4) is 0 Å². The third-order valence-corrected chi connectivity index (χ3v) is 5.14. The van der Waals surface area contributed by atoms with Crippen molar-refractivity contribution in [3.63, 3.8) is 0 Å². The summed E-state index contributed by atoms with van der Waals surface area (Å²) in [6, 6.07) is 0. The lowest BCUT2D eigenvalue weighted by molar-refractivity contribution is -0.325. The Hall–Kier alpha value is -0.0800. The number of hydrogen-bond donors (Lipinski definition) is 1. The summed E-state index contributed by atoms with van der Waals surface area (Å²) >= 11 is 0. The fraction of sp³-hybridized carbons (Fsp3) is 1.00. The Morgan fingerprint density at radius 1 is 1.07 bits per heavy atom. The van der Waals surface area contributed by atoms with E-state index in [0.717, 1.165) is 24.9 Å². The third-order valence-electron chi connectivity index (χ3n) is 5.14. The van der Waals surface area contributed by atoms with E-state index in [1.807, 2.05) is 0 Å². The predicted octanol–water partition coefficient (Wildman–Crippen LogP) is 2.56. The first-order valence-corrected chi connectivity index (χ1v) is 6.58. The quantitative estimate of drug-likeness (QED) is 0.666. The minimum absolute atomic E-state index is 0.333. The molecule has 86 valence electrons. The predicted molar refractivity (Wildman–Crippen MR) is 58.2 cm³/mol. The summed E-state index contributed by atoms with van der Waals surface area (Å²) in [6.07, 6.45) is 7.64. The maximum absolute atomic E-state index is 10.7. The zero-order valence-corrected chi connectivity index (χ0v) is 9.61. The van der Waals surface area contributed by atoms with Crippen LogP contribution in [0.2, 0.25) is 0 Å². The molecule has 2 aliphatic carbocycles. The Labute approximate surface area is 92.0 Å². The molecule has 5 atom stereocenters. The van der Waals surface area contributed by atoms with E-state index >= 15 is 0 Å². The highest BCUT2D eigenvalue weighted by molar-refractivity contribution is 4.99. The molecule has 15 heavy (non-hydrogen) atoms. The van der Waals surface area contributed by atoms with Gasteiger partial charge in [-0.05, 0) is 43.9 Å². The number of ether oxygens (including phenoxy) is 1. The van der Waals surface area contributed by atoms with Gasteiger partial charge < -0.3 is 9.84 Å². The monoisotopic (exact) mass is 210 g/mol. The summed E-state index contributed by atoms with van der Waals surface area (Å²) in [5, 5.41) is 10.7. The second-order valence-electron chi connectivity index (χ2n) is 5.84. The van der Waals surface area contributed by atoms with Crippen LogP contribution in [-0.2, 0) is 4.74 Å². The highest BCUT2D eigenvalue weighted by atomic mass is 16.6. The molecular formula is C13H22O2. The lowest BCUT2D eigenvalue weighted by Gasteiger charge is -2.56. The van der Waals surface area contributed by atoms with Gasteiger partial charge in [-0.3, -0.25) is 0 Å². The standard InChI is InChI=1S/C13H22O2/c1-9-5-6-10-3-2-4-11-7-8-15-13(9,14)12(10)11/h9-12,14H,2-8H2,1H3/t9-,10-,11+,12-,13+/m0/s1. The minimum atomic E-state index is -0.772. The molecule has 3 aliphatic rings. The summed E-state index contributed by atoms with van der Waals surface area (Å²) < 4.78 is 5.77. The lowest BCUT2D eigenvalue weighted by Crippen LogP contribution is -2.59. The van der Waals surface area contributed by atoms with E-state index in [-0.39, 0.29) is 0 Å². The first-order valence-electron chi connectivity index (χ1n) is 6.58. The van der Waals surface area contributed by atoms with Gasteiger partial charge in [-0.15, -0.1) is 0 Å². The van der Waals surface area contributed by atoms with Crippen molar-refractivity contribution < 1.29 is 9.84 Å². The van der Waals surface area contributed by atoms with Crippen LogP contribution in [-0.4, -0.2) is 17.5 Å². The van der Waals surface area contributed by atoms with Crippen LogP contribution >= 0.6 is 0 Å². The van der Waals surface area contributed by atoms with E-state index in [1.54, 1.807) is 0 Å². The van der Waals surface area contributed by atoms with Gasteiger partial charge in [0.2, 0.25) is 0 Å². The van der Waals surface area contributed by atoms with Crippen LogP contribution in [0, 0.1) is 23.7 Å². The Kier molecular flexibility index (Phi) is 2.33. The molecule has 0 amide bonds. The fourth-order valence-corrected chi connectivity index (χ4v) is 4.32. The molecule has 0 bridgehead atoms. The van der Waals surface area contributed by atoms with Crippen molar-refractivity contribution in [3.8, 4) is 0 Å². The first-order chi connectivity index (χ1) is 7.22. The van der Waals surface area contributed by atoms with Gasteiger partial charge in [-0.2, -0.15) is 0 Å². The Balaban J connectivity index is 1.93. The van der Waals surface area contributed by atoms with Gasteiger partial charge >= 0.3 is 0 Å². The van der Waals surface area contributed by atoms with Gasteiger partial charge in [-0.1, -0.05) is 13.3 Å². The maximum Gasteiger partial charge on any atom is 0.171 e. The molecular weight excluding hydrogens is 188 g/mol. The molecule has 1 aliphatic heterocycles. The molecule has 3 rings (SSSR count). The average Bonchev–Trinajstić information content (AvgIpc) is 2.24. The van der Waals surface area contributed by atoms with E-state index in [2.05, 4.69) is 6.92 Å². The summed E-state index contributed by atoms with van der Waals surface area (Å²) in [7, 11) is 0. The molecule has 1 heterocycles. The summed E-state index contributed by atoms with van der Waals surface area (Å²) in [4.78, 5) is 0. The first kappa shape index (κ1) is 10.1. The van der Waals surface area contributed by atoms with Gasteiger partial charge in [-0.25, -0.2) is 0 Å². The minimum Gasteiger partial charge on any atom is -0.365 e. The van der Waals surface area contributed by atoms with Crippen LogP contribution in [0.5, 0.6) is 0 Å². The van der Waals surface area contributed by atoms with Crippen molar-refractivity contribution >= 4 is 0 Å². The van der Waals surface area contributed by atoms with E-state index in [4.69, 9.17) is 4.74 Å². The molecule has 2 heteroatoms. The van der Waals surface area contributed by atoms with Gasteiger partial charge in [0.15, 0.2) is 5.79 Å². The topological polar surface area (TPSA) is 29.5 Å². The third kappa shape index (κ3) is 1.38. The van der Waals surface area contributed by atoms with Gasteiger partial charge in [0.25, 0.3) is 0 Å². The normalized spacial score (nSPS) is 54.8. The Bertz CT molecular complexity index is 244. The van der Waals surface area contributed by atoms with E-state index in [9.17, 15) is 5.11 Å². The van der Waals surface area contributed by atoms with Crippen molar-refractivity contribution in [1.82, 2.24) is 0 Å². The van der Waals surface area contributed by atoms with Crippen LogP contribution in [0.15, 0.2) is 0 Å². The SMILES string of the molecule is C[C@H]1CC[C@@H]2CCC[C@@H]3CCO[C@@]1(O)[C@H]32. The van der Waals surface area contributed by atoms with Crippen molar-refractivity contribution in [1.29, 1.82) is 0 Å². The maximum atomic E-state index is 10.7. The largest absolute Gasteiger partial charge is 0.365 e. The van der Waals surface area contributed by atoms with Crippen molar-refractivity contribution in [2.24, 2.45) is 23.7 Å². The number of aliphatic hydroxyl groups is 1. The molecule has 1 saturated heterocycles. The average molecular weight is 210 g/mol. The van der Waals surface area contributed by atoms with E-state index in [1.165, 1.54) is 32.1 Å². The molecule has 0 radical (unpaired) electrons.